The Kier molecular flexibility index (Phi) is 6.00. The van der Waals surface area contributed by atoms with Gasteiger partial charge in [0.2, 0.25) is 6.20 Å². The zero-order chi connectivity index (χ0) is 21.1. The van der Waals surface area contributed by atoms with Gasteiger partial charge < -0.3 is 24.3 Å². The minimum absolute atomic E-state index is 0.0276. The first-order valence-corrected chi connectivity index (χ1v) is 10.9. The van der Waals surface area contributed by atoms with Gasteiger partial charge in [0.15, 0.2) is 11.8 Å². The topological polar surface area (TPSA) is 98.7 Å². The molecule has 1 aromatic rings. The minimum Gasteiger partial charge on any atom is -0.619 e. The van der Waals surface area contributed by atoms with Gasteiger partial charge in [0.1, 0.15) is 17.4 Å². The summed E-state index contributed by atoms with van der Waals surface area (Å²) in [6.07, 6.45) is 9.92. The van der Waals surface area contributed by atoms with E-state index in [-0.39, 0.29) is 35.6 Å². The van der Waals surface area contributed by atoms with Crippen LogP contribution in [0.25, 0.3) is 0 Å². The van der Waals surface area contributed by atoms with Gasteiger partial charge in [0, 0.05) is 19.2 Å². The Labute approximate surface area is 176 Å². The van der Waals surface area contributed by atoms with Crippen LogP contribution in [0.5, 0.6) is 5.75 Å². The van der Waals surface area contributed by atoms with E-state index in [0.29, 0.717) is 23.6 Å². The molecule has 0 atom stereocenters. The van der Waals surface area contributed by atoms with E-state index in [4.69, 9.17) is 14.2 Å². The van der Waals surface area contributed by atoms with Gasteiger partial charge in [-0.15, -0.1) is 0 Å². The number of pyridine rings is 1. The average Bonchev–Trinajstić information content (AvgIpc) is 3.47. The summed E-state index contributed by atoms with van der Waals surface area (Å²) in [4.78, 5) is 14.0. The monoisotopic (exact) mass is 415 g/mol. The van der Waals surface area contributed by atoms with Crippen LogP contribution in [0.15, 0.2) is 18.5 Å². The normalized spacial score (nSPS) is 25.9. The van der Waals surface area contributed by atoms with Crippen molar-refractivity contribution in [2.45, 2.75) is 82.2 Å². The lowest BCUT2D eigenvalue weighted by Gasteiger charge is -2.36. The zero-order valence-electron chi connectivity index (χ0n) is 17.4. The number of amides is 1. The quantitative estimate of drug-likeness (QED) is 0.541. The highest BCUT2D eigenvalue weighted by molar-refractivity contribution is 5.68. The molecule has 8 heteroatoms. The van der Waals surface area contributed by atoms with Crippen LogP contribution in [-0.4, -0.2) is 48.0 Å². The molecule has 2 aliphatic carbocycles. The van der Waals surface area contributed by atoms with Crippen molar-refractivity contribution in [3.8, 4) is 11.8 Å². The molecule has 0 aromatic carbocycles. The maximum atomic E-state index is 12.2. The summed E-state index contributed by atoms with van der Waals surface area (Å²) in [6, 6.07) is 3.56. The number of nitriles is 1. The van der Waals surface area contributed by atoms with Crippen LogP contribution >= 0.6 is 0 Å². The highest BCUT2D eigenvalue weighted by Gasteiger charge is 2.43. The first-order valence-electron chi connectivity index (χ1n) is 10.9. The summed E-state index contributed by atoms with van der Waals surface area (Å²) in [7, 11) is 0. The van der Waals surface area contributed by atoms with E-state index in [1.165, 1.54) is 12.4 Å². The molecule has 0 spiro atoms. The summed E-state index contributed by atoms with van der Waals surface area (Å²) >= 11 is 0. The molecule has 1 aliphatic heterocycles. The van der Waals surface area contributed by atoms with Gasteiger partial charge in [-0.2, -0.15) is 9.99 Å². The second-order valence-electron chi connectivity index (χ2n) is 8.85. The number of aromatic nitrogens is 1. The van der Waals surface area contributed by atoms with E-state index in [0.717, 1.165) is 51.4 Å². The number of likely N-dealkylation sites (tertiary alicyclic amines) is 1. The molecule has 1 amide bonds. The van der Waals surface area contributed by atoms with Crippen molar-refractivity contribution in [3.05, 3.63) is 29.2 Å². The average molecular weight is 415 g/mol. The lowest BCUT2D eigenvalue weighted by atomic mass is 9.94. The van der Waals surface area contributed by atoms with Crippen molar-refractivity contribution >= 4 is 6.09 Å². The number of carbonyl (C=O) groups excluding carboxylic acids is 1. The molecule has 2 heterocycles. The number of hydrogen-bond acceptors (Lipinski definition) is 6. The molecule has 8 nitrogen and oxygen atoms in total. The summed E-state index contributed by atoms with van der Waals surface area (Å²) in [5, 5.41) is 20.5. The molecule has 0 radical (unpaired) electrons. The number of carbonyl (C=O) groups is 1. The Hall–Kier alpha value is -2.53. The molecule has 2 saturated carbocycles. The number of hydrogen-bond donors (Lipinski definition) is 0. The fourth-order valence-electron chi connectivity index (χ4n) is 4.12. The molecular formula is C22H29N3O5. The highest BCUT2D eigenvalue weighted by Crippen LogP contribution is 2.39. The smallest absolute Gasteiger partial charge is 0.410 e. The van der Waals surface area contributed by atoms with Crippen molar-refractivity contribution in [2.75, 3.05) is 13.1 Å². The Bertz CT molecular complexity index is 803. The predicted octanol–water partition coefficient (Wildman–Crippen LogP) is 3.05. The first-order chi connectivity index (χ1) is 14.4. The molecule has 1 aromatic heterocycles. The SMILES string of the molecule is CC1(OC(=O)N2CCC(OC3CCC(Oc4cc[n+]([O-])cc4C#N)CC3)CC2)CC1. The van der Waals surface area contributed by atoms with Crippen LogP contribution < -0.4 is 9.47 Å². The molecule has 0 bridgehead atoms. The Balaban J connectivity index is 1.18. The molecule has 0 N–H and O–H groups in total. The lowest BCUT2D eigenvalue weighted by molar-refractivity contribution is -0.605. The lowest BCUT2D eigenvalue weighted by Crippen LogP contribution is -2.43. The fourth-order valence-corrected chi connectivity index (χ4v) is 4.12. The molecule has 3 fully saturated rings. The van der Waals surface area contributed by atoms with E-state index >= 15 is 0 Å². The summed E-state index contributed by atoms with van der Waals surface area (Å²) in [5.74, 6) is 0.466. The number of rotatable bonds is 5. The molecule has 1 saturated heterocycles. The third kappa shape index (κ3) is 5.14. The summed E-state index contributed by atoms with van der Waals surface area (Å²) < 4.78 is 18.4. The van der Waals surface area contributed by atoms with Crippen molar-refractivity contribution in [1.29, 1.82) is 5.26 Å². The van der Waals surface area contributed by atoms with Gasteiger partial charge in [0.05, 0.1) is 18.3 Å². The first kappa shape index (κ1) is 20.7. The van der Waals surface area contributed by atoms with Crippen LogP contribution in [0.4, 0.5) is 4.79 Å². The van der Waals surface area contributed by atoms with Crippen molar-refractivity contribution in [2.24, 2.45) is 0 Å². The van der Waals surface area contributed by atoms with Gasteiger partial charge >= 0.3 is 6.09 Å². The maximum absolute atomic E-state index is 12.2. The van der Waals surface area contributed by atoms with Crippen LogP contribution in [-0.2, 0) is 9.47 Å². The molecular weight excluding hydrogens is 386 g/mol. The Morgan fingerprint density at radius 3 is 2.43 bits per heavy atom. The van der Waals surface area contributed by atoms with Crippen molar-refractivity contribution in [3.63, 3.8) is 0 Å². The summed E-state index contributed by atoms with van der Waals surface area (Å²) in [5.41, 5.74) is 0.0292. The predicted molar refractivity (Wildman–Crippen MR) is 107 cm³/mol. The second-order valence-corrected chi connectivity index (χ2v) is 8.85. The molecule has 4 rings (SSSR count). The largest absolute Gasteiger partial charge is 0.619 e. The van der Waals surface area contributed by atoms with E-state index in [9.17, 15) is 15.3 Å². The number of nitrogens with zero attached hydrogens (tertiary/aromatic N) is 3. The van der Waals surface area contributed by atoms with Gasteiger partial charge in [-0.25, -0.2) is 4.79 Å². The third-order valence-corrected chi connectivity index (χ3v) is 6.30. The molecule has 162 valence electrons. The maximum Gasteiger partial charge on any atom is 0.410 e. The van der Waals surface area contributed by atoms with Gasteiger partial charge in [0.25, 0.3) is 0 Å². The molecule has 3 aliphatic rings. The van der Waals surface area contributed by atoms with Crippen LogP contribution in [0.2, 0.25) is 0 Å². The van der Waals surface area contributed by atoms with Crippen LogP contribution in [0.1, 0.15) is 63.9 Å². The number of ether oxygens (including phenoxy) is 3. The zero-order valence-corrected chi connectivity index (χ0v) is 17.4. The van der Waals surface area contributed by atoms with Gasteiger partial charge in [-0.1, -0.05) is 0 Å². The van der Waals surface area contributed by atoms with Crippen LogP contribution in [0.3, 0.4) is 0 Å². The number of piperidine rings is 1. The molecule has 0 unspecified atom stereocenters. The van der Waals surface area contributed by atoms with Crippen LogP contribution in [0, 0.1) is 16.5 Å². The molecule has 30 heavy (non-hydrogen) atoms. The van der Waals surface area contributed by atoms with E-state index < -0.39 is 0 Å². The van der Waals surface area contributed by atoms with E-state index in [2.05, 4.69) is 0 Å². The Morgan fingerprint density at radius 2 is 1.80 bits per heavy atom. The third-order valence-electron chi connectivity index (χ3n) is 6.30. The second kappa shape index (κ2) is 8.68. The van der Waals surface area contributed by atoms with Gasteiger partial charge in [-0.05, 0) is 58.3 Å². The highest BCUT2D eigenvalue weighted by atomic mass is 16.6. The van der Waals surface area contributed by atoms with Crippen molar-refractivity contribution in [1.82, 2.24) is 4.90 Å². The van der Waals surface area contributed by atoms with Crippen molar-refractivity contribution < 1.29 is 23.7 Å². The minimum atomic E-state index is -0.227. The Morgan fingerprint density at radius 1 is 1.17 bits per heavy atom. The standard InChI is InChI=1S/C22H29N3O5/c1-22(9-10-22)30-21(26)24-11-6-19(7-12-24)28-17-2-4-18(5-3-17)29-20-8-13-25(27)15-16(20)14-23/h8,13,15,17-19H,2-7,9-12H2,1H3. The van der Waals surface area contributed by atoms with E-state index in [1.807, 2.05) is 13.0 Å². The summed E-state index contributed by atoms with van der Waals surface area (Å²) in [6.45, 7) is 3.35. The fraction of sp³-hybridized carbons (Fsp3) is 0.682. The van der Waals surface area contributed by atoms with Gasteiger partial charge in [-0.3, -0.25) is 0 Å². The van der Waals surface area contributed by atoms with E-state index in [1.54, 1.807) is 11.0 Å².